The second-order valence-electron chi connectivity index (χ2n) is 3.71. The fraction of sp³-hybridized carbons (Fsp3) is 0.182. The van der Waals surface area contributed by atoms with Gasteiger partial charge in [-0.2, -0.15) is 0 Å². The van der Waals surface area contributed by atoms with Crippen LogP contribution in [0.15, 0.2) is 35.3 Å². The standard InChI is InChI=1S/C11H13N3O2/c1-13-7-10(15)14(11(13)16)6-8-2-4-9(12)5-3-8/h2-5,7,15H,6,12H2,1H3. The average Bonchev–Trinajstić information content (AvgIpc) is 2.48. The molecule has 1 aromatic heterocycles. The number of aromatic nitrogens is 2. The van der Waals surface area contributed by atoms with E-state index >= 15 is 0 Å². The highest BCUT2D eigenvalue weighted by Crippen LogP contribution is 2.10. The predicted octanol–water partition coefficient (Wildman–Crippen LogP) is 0.523. The molecule has 0 aliphatic heterocycles. The van der Waals surface area contributed by atoms with Gasteiger partial charge in [0.1, 0.15) is 0 Å². The minimum absolute atomic E-state index is 0.0377. The Morgan fingerprint density at radius 3 is 2.44 bits per heavy atom. The zero-order valence-electron chi connectivity index (χ0n) is 8.92. The molecular weight excluding hydrogens is 206 g/mol. The summed E-state index contributed by atoms with van der Waals surface area (Å²) in [5, 5.41) is 9.55. The fourth-order valence-corrected chi connectivity index (χ4v) is 1.54. The van der Waals surface area contributed by atoms with Crippen LogP contribution in [0.5, 0.6) is 5.88 Å². The summed E-state index contributed by atoms with van der Waals surface area (Å²) in [7, 11) is 1.60. The van der Waals surface area contributed by atoms with Crippen LogP contribution in [-0.2, 0) is 13.6 Å². The summed E-state index contributed by atoms with van der Waals surface area (Å²) in [6.07, 6.45) is 1.39. The third kappa shape index (κ3) is 1.79. The van der Waals surface area contributed by atoms with Crippen LogP contribution in [0.25, 0.3) is 0 Å². The van der Waals surface area contributed by atoms with E-state index in [1.165, 1.54) is 15.3 Å². The first-order valence-electron chi connectivity index (χ1n) is 4.87. The Hall–Kier alpha value is -2.17. The molecule has 16 heavy (non-hydrogen) atoms. The summed E-state index contributed by atoms with van der Waals surface area (Å²) >= 11 is 0. The first kappa shape index (κ1) is 10.4. The summed E-state index contributed by atoms with van der Waals surface area (Å²) < 4.78 is 2.64. The van der Waals surface area contributed by atoms with Crippen molar-refractivity contribution in [2.75, 3.05) is 5.73 Å². The van der Waals surface area contributed by atoms with Gasteiger partial charge in [-0.05, 0) is 17.7 Å². The molecule has 0 aliphatic rings. The van der Waals surface area contributed by atoms with Crippen molar-refractivity contribution in [2.45, 2.75) is 6.54 Å². The Morgan fingerprint density at radius 1 is 1.31 bits per heavy atom. The lowest BCUT2D eigenvalue weighted by Gasteiger charge is -2.03. The average molecular weight is 219 g/mol. The summed E-state index contributed by atoms with van der Waals surface area (Å²) in [5.74, 6) is -0.0377. The number of nitrogens with two attached hydrogens (primary N) is 1. The predicted molar refractivity (Wildman–Crippen MR) is 61.3 cm³/mol. The summed E-state index contributed by atoms with van der Waals surface area (Å²) in [6.45, 7) is 0.339. The lowest BCUT2D eigenvalue weighted by molar-refractivity contribution is 0.421. The van der Waals surface area contributed by atoms with Crippen molar-refractivity contribution in [3.8, 4) is 5.88 Å². The lowest BCUT2D eigenvalue weighted by atomic mass is 10.2. The Labute approximate surface area is 92.4 Å². The molecule has 0 aliphatic carbocycles. The third-order valence-corrected chi connectivity index (χ3v) is 2.44. The van der Waals surface area contributed by atoms with Gasteiger partial charge in [0.05, 0.1) is 12.7 Å². The van der Waals surface area contributed by atoms with Crippen LogP contribution in [0.2, 0.25) is 0 Å². The topological polar surface area (TPSA) is 73.2 Å². The second-order valence-corrected chi connectivity index (χ2v) is 3.71. The highest BCUT2D eigenvalue weighted by atomic mass is 16.3. The molecule has 1 aromatic carbocycles. The number of benzene rings is 1. The number of nitrogen functional groups attached to an aromatic ring is 1. The van der Waals surface area contributed by atoms with Crippen molar-refractivity contribution < 1.29 is 5.11 Å². The maximum Gasteiger partial charge on any atom is 0.331 e. The number of aryl methyl sites for hydroxylation is 1. The molecule has 1 heterocycles. The SMILES string of the molecule is Cn1cc(O)n(Cc2ccc(N)cc2)c1=O. The second kappa shape index (κ2) is 3.77. The van der Waals surface area contributed by atoms with Gasteiger partial charge >= 0.3 is 5.69 Å². The minimum Gasteiger partial charge on any atom is -0.493 e. The first-order valence-corrected chi connectivity index (χ1v) is 4.87. The summed E-state index contributed by atoms with van der Waals surface area (Å²) in [4.78, 5) is 11.6. The van der Waals surface area contributed by atoms with Crippen molar-refractivity contribution in [3.05, 3.63) is 46.5 Å². The van der Waals surface area contributed by atoms with E-state index in [0.29, 0.717) is 12.2 Å². The van der Waals surface area contributed by atoms with Gasteiger partial charge in [0.15, 0.2) is 0 Å². The summed E-state index contributed by atoms with van der Waals surface area (Å²) in [5.41, 5.74) is 6.91. The number of nitrogens with zero attached hydrogens (tertiary/aromatic N) is 2. The molecule has 5 heteroatoms. The van der Waals surface area contributed by atoms with Gasteiger partial charge in [-0.15, -0.1) is 0 Å². The molecule has 84 valence electrons. The van der Waals surface area contributed by atoms with Gasteiger partial charge in [-0.3, -0.25) is 9.13 Å². The molecule has 0 spiro atoms. The van der Waals surface area contributed by atoms with Crippen molar-refractivity contribution >= 4 is 5.69 Å². The van der Waals surface area contributed by atoms with Crippen LogP contribution in [0.1, 0.15) is 5.56 Å². The van der Waals surface area contributed by atoms with E-state index in [2.05, 4.69) is 0 Å². The van der Waals surface area contributed by atoms with E-state index in [1.807, 2.05) is 12.1 Å². The molecular formula is C11H13N3O2. The number of anilines is 1. The third-order valence-electron chi connectivity index (χ3n) is 2.44. The van der Waals surface area contributed by atoms with Gasteiger partial charge in [-0.25, -0.2) is 4.79 Å². The highest BCUT2D eigenvalue weighted by molar-refractivity contribution is 5.39. The Balaban J connectivity index is 2.34. The van der Waals surface area contributed by atoms with Crippen LogP contribution in [0, 0.1) is 0 Å². The molecule has 2 rings (SSSR count). The van der Waals surface area contributed by atoms with Crippen LogP contribution < -0.4 is 11.4 Å². The lowest BCUT2D eigenvalue weighted by Crippen LogP contribution is -2.22. The van der Waals surface area contributed by atoms with E-state index in [4.69, 9.17) is 5.73 Å². The molecule has 0 amide bonds. The minimum atomic E-state index is -0.241. The monoisotopic (exact) mass is 219 g/mol. The molecule has 0 saturated heterocycles. The van der Waals surface area contributed by atoms with Crippen LogP contribution >= 0.6 is 0 Å². The van der Waals surface area contributed by atoms with Gasteiger partial charge in [0, 0.05) is 12.7 Å². The molecule has 3 N–H and O–H groups in total. The van der Waals surface area contributed by atoms with Crippen molar-refractivity contribution in [1.82, 2.24) is 9.13 Å². The van der Waals surface area contributed by atoms with E-state index in [1.54, 1.807) is 19.2 Å². The quantitative estimate of drug-likeness (QED) is 0.723. The Bertz CT molecular complexity index is 552. The van der Waals surface area contributed by atoms with E-state index < -0.39 is 0 Å². The molecule has 5 nitrogen and oxygen atoms in total. The van der Waals surface area contributed by atoms with Gasteiger partial charge in [0.2, 0.25) is 5.88 Å². The normalized spacial score (nSPS) is 10.6. The number of hydrogen-bond donors (Lipinski definition) is 2. The van der Waals surface area contributed by atoms with E-state index in [-0.39, 0.29) is 11.6 Å². The Morgan fingerprint density at radius 2 is 1.94 bits per heavy atom. The van der Waals surface area contributed by atoms with Crippen LogP contribution in [-0.4, -0.2) is 14.2 Å². The smallest absolute Gasteiger partial charge is 0.331 e. The largest absolute Gasteiger partial charge is 0.493 e. The maximum atomic E-state index is 11.6. The molecule has 0 atom stereocenters. The number of rotatable bonds is 2. The maximum absolute atomic E-state index is 11.6. The zero-order chi connectivity index (χ0) is 11.7. The Kier molecular flexibility index (Phi) is 2.44. The van der Waals surface area contributed by atoms with Crippen LogP contribution in [0.3, 0.4) is 0 Å². The molecule has 0 unspecified atom stereocenters. The molecule has 0 saturated carbocycles. The van der Waals surface area contributed by atoms with Crippen molar-refractivity contribution in [1.29, 1.82) is 0 Å². The van der Waals surface area contributed by atoms with Gasteiger partial charge in [-0.1, -0.05) is 12.1 Å². The first-order chi connectivity index (χ1) is 7.58. The summed E-state index contributed by atoms with van der Waals surface area (Å²) in [6, 6.07) is 7.18. The van der Waals surface area contributed by atoms with Crippen molar-refractivity contribution in [2.24, 2.45) is 7.05 Å². The number of hydrogen-bond acceptors (Lipinski definition) is 3. The highest BCUT2D eigenvalue weighted by Gasteiger charge is 2.07. The van der Waals surface area contributed by atoms with E-state index in [0.717, 1.165) is 5.56 Å². The van der Waals surface area contributed by atoms with E-state index in [9.17, 15) is 9.90 Å². The van der Waals surface area contributed by atoms with Gasteiger partial charge in [0.25, 0.3) is 0 Å². The molecule has 0 bridgehead atoms. The molecule has 0 fully saturated rings. The van der Waals surface area contributed by atoms with Gasteiger partial charge < -0.3 is 10.8 Å². The molecule has 2 aromatic rings. The van der Waals surface area contributed by atoms with Crippen molar-refractivity contribution in [3.63, 3.8) is 0 Å². The fourth-order valence-electron chi connectivity index (χ4n) is 1.54. The zero-order valence-corrected chi connectivity index (χ0v) is 8.92. The van der Waals surface area contributed by atoms with Crippen LogP contribution in [0.4, 0.5) is 5.69 Å². The number of imidazole rings is 1. The number of aromatic hydroxyl groups is 1. The molecule has 0 radical (unpaired) electrons.